The number of benzene rings is 3. The van der Waals surface area contributed by atoms with Crippen LogP contribution in [0.15, 0.2) is 70.5 Å². The lowest BCUT2D eigenvalue weighted by Gasteiger charge is -2.60. The molecule has 5 aliphatic rings. The molecular weight excluding hydrogens is 681 g/mol. The molecule has 52 heavy (non-hydrogen) atoms. The number of rotatable bonds is 12. The molecule has 1 amide bonds. The molecule has 8 rings (SSSR count). The van der Waals surface area contributed by atoms with Gasteiger partial charge in [-0.05, 0) is 97.2 Å². The third-order valence-electron chi connectivity index (χ3n) is 12.3. The first-order chi connectivity index (χ1) is 24.9. The lowest BCUT2D eigenvalue weighted by Crippen LogP contribution is -2.56. The summed E-state index contributed by atoms with van der Waals surface area (Å²) in [7, 11) is -4.35. The molecule has 1 unspecified atom stereocenters. The van der Waals surface area contributed by atoms with Gasteiger partial charge in [-0.3, -0.25) is 19.8 Å². The van der Waals surface area contributed by atoms with E-state index in [0.29, 0.717) is 61.8 Å². The van der Waals surface area contributed by atoms with E-state index in [9.17, 15) is 23.3 Å². The number of hydrogen-bond donors (Lipinski definition) is 3. The number of primary amides is 1. The summed E-state index contributed by atoms with van der Waals surface area (Å²) in [5.74, 6) is 0.974. The van der Waals surface area contributed by atoms with E-state index < -0.39 is 20.7 Å². The van der Waals surface area contributed by atoms with Crippen LogP contribution < -0.4 is 21.3 Å². The Kier molecular flexibility index (Phi) is 10.2. The van der Waals surface area contributed by atoms with E-state index in [1.807, 2.05) is 0 Å². The molecule has 3 aliphatic carbocycles. The van der Waals surface area contributed by atoms with Crippen LogP contribution in [0.3, 0.4) is 0 Å². The van der Waals surface area contributed by atoms with Crippen molar-refractivity contribution in [3.8, 4) is 0 Å². The number of piperazine rings is 1. The van der Waals surface area contributed by atoms with Crippen molar-refractivity contribution in [2.75, 3.05) is 61.5 Å². The molecule has 0 aromatic heterocycles. The predicted molar refractivity (Wildman–Crippen MR) is 201 cm³/mol. The van der Waals surface area contributed by atoms with Crippen LogP contribution in [0.5, 0.6) is 0 Å². The molecule has 3 saturated carbocycles. The molecule has 3 aromatic carbocycles. The number of anilines is 3. The number of ether oxygens (including phenoxy) is 1. The molecule has 2 aliphatic heterocycles. The fourth-order valence-electron chi connectivity index (χ4n) is 8.83. The minimum atomic E-state index is -4.35. The Hall–Kier alpha value is -4.20. The van der Waals surface area contributed by atoms with Crippen molar-refractivity contribution in [2.24, 2.45) is 28.9 Å². The van der Waals surface area contributed by atoms with Crippen LogP contribution in [0, 0.1) is 33.3 Å². The number of nitro benzene ring substituents is 1. The maximum absolute atomic E-state index is 14.1. The van der Waals surface area contributed by atoms with Gasteiger partial charge in [0.1, 0.15) is 5.69 Å². The third-order valence-corrected chi connectivity index (χ3v) is 14.1. The predicted octanol–water partition coefficient (Wildman–Crippen LogP) is 5.92. The SMILES string of the molecule is CC1(C)[C@H]2CCC(Nc3ccccc3CN3CCN(c4ccc(C(N)=O)c(S(=O)(=O)c5ccc(NCC6CCOCC6)c([N+](=O)[O-])c5)c4)CC3)[C@@H]1C2. The monoisotopic (exact) mass is 730 g/mol. The molecule has 2 saturated heterocycles. The molecule has 2 bridgehead atoms. The van der Waals surface area contributed by atoms with Crippen molar-refractivity contribution in [3.63, 3.8) is 0 Å². The number of sulfone groups is 1. The Balaban J connectivity index is 1.04. The van der Waals surface area contributed by atoms with E-state index in [0.717, 1.165) is 44.5 Å². The van der Waals surface area contributed by atoms with Crippen LogP contribution in [0.4, 0.5) is 22.7 Å². The van der Waals surface area contributed by atoms with Crippen molar-refractivity contribution >= 4 is 38.5 Å². The summed E-state index contributed by atoms with van der Waals surface area (Å²) in [6, 6.07) is 17.5. The molecule has 278 valence electrons. The number of fused-ring (bicyclic) bond motifs is 2. The van der Waals surface area contributed by atoms with Gasteiger partial charge in [-0.25, -0.2) is 8.42 Å². The summed E-state index contributed by atoms with van der Waals surface area (Å²) in [6.45, 7) is 10.3. The molecule has 12 nitrogen and oxygen atoms in total. The van der Waals surface area contributed by atoms with Gasteiger partial charge in [0.25, 0.3) is 5.69 Å². The molecule has 5 fully saturated rings. The van der Waals surface area contributed by atoms with Crippen molar-refractivity contribution in [3.05, 3.63) is 81.9 Å². The van der Waals surface area contributed by atoms with Gasteiger partial charge in [-0.1, -0.05) is 32.0 Å². The minimum Gasteiger partial charge on any atom is -0.382 e. The number of nitrogens with two attached hydrogens (primary N) is 1. The van der Waals surface area contributed by atoms with Crippen LogP contribution in [-0.4, -0.2) is 76.1 Å². The first-order valence-corrected chi connectivity index (χ1v) is 20.0. The number of para-hydroxylation sites is 1. The average Bonchev–Trinajstić information content (AvgIpc) is 3.15. The Morgan fingerprint density at radius 2 is 1.73 bits per heavy atom. The maximum Gasteiger partial charge on any atom is 0.293 e. The molecule has 2 heterocycles. The summed E-state index contributed by atoms with van der Waals surface area (Å²) in [5, 5.41) is 19.1. The Labute approximate surface area is 306 Å². The van der Waals surface area contributed by atoms with Crippen molar-refractivity contribution in [1.29, 1.82) is 0 Å². The van der Waals surface area contributed by atoms with E-state index in [1.54, 1.807) is 6.07 Å². The summed E-state index contributed by atoms with van der Waals surface area (Å²) in [5.41, 5.74) is 8.92. The van der Waals surface area contributed by atoms with Crippen molar-refractivity contribution in [2.45, 2.75) is 68.3 Å². The van der Waals surface area contributed by atoms with Crippen molar-refractivity contribution in [1.82, 2.24) is 4.90 Å². The number of carbonyl (C=O) groups is 1. The van der Waals surface area contributed by atoms with Crippen LogP contribution in [0.2, 0.25) is 0 Å². The van der Waals surface area contributed by atoms with Gasteiger partial charge in [0, 0.05) is 76.0 Å². The topological polar surface area (TPSA) is 160 Å². The molecule has 4 N–H and O–H groups in total. The lowest BCUT2D eigenvalue weighted by atomic mass is 9.47. The van der Waals surface area contributed by atoms with Gasteiger partial charge < -0.3 is 26.0 Å². The van der Waals surface area contributed by atoms with Gasteiger partial charge in [0.05, 0.1) is 20.3 Å². The Bertz CT molecular complexity index is 1920. The highest BCUT2D eigenvalue weighted by molar-refractivity contribution is 7.91. The van der Waals surface area contributed by atoms with Crippen LogP contribution >= 0.6 is 0 Å². The molecule has 3 aromatic rings. The highest BCUT2D eigenvalue weighted by Gasteiger charge is 2.54. The zero-order valence-electron chi connectivity index (χ0n) is 30.1. The first kappa shape index (κ1) is 36.2. The highest BCUT2D eigenvalue weighted by atomic mass is 32.2. The number of amides is 1. The van der Waals surface area contributed by atoms with E-state index in [2.05, 4.69) is 58.5 Å². The molecular formula is C39H50N6O6S. The number of hydrogen-bond acceptors (Lipinski definition) is 10. The zero-order chi connectivity index (χ0) is 36.6. The van der Waals surface area contributed by atoms with E-state index >= 15 is 0 Å². The normalized spacial score (nSPS) is 23.4. The highest BCUT2D eigenvalue weighted by Crippen LogP contribution is 2.59. The summed E-state index contributed by atoms with van der Waals surface area (Å²) in [6.07, 6.45) is 5.52. The third kappa shape index (κ3) is 7.22. The van der Waals surface area contributed by atoms with Gasteiger partial charge in [-0.15, -0.1) is 0 Å². The number of nitrogens with one attached hydrogen (secondary N) is 2. The van der Waals surface area contributed by atoms with Crippen LogP contribution in [0.1, 0.15) is 61.9 Å². The number of nitro groups is 1. The fourth-order valence-corrected chi connectivity index (χ4v) is 10.3. The largest absolute Gasteiger partial charge is 0.382 e. The standard InChI is InChI=1S/C39H50N6O6S/c1-39(2)28-7-11-34(32(39)21-28)42-33-6-4-3-5-27(33)25-43-15-17-44(18-16-43)29-8-10-31(38(40)46)37(22-29)52(49,50)30-9-12-35(36(23-30)45(47)48)41-24-26-13-19-51-20-14-26/h3-6,8-10,12,22-23,26,28,32,34,41-42H,7,11,13-21,24-25H2,1-2H3,(H2,40,46)/t28-,32-,34?/m0/s1. The average molecular weight is 731 g/mol. The quantitative estimate of drug-likeness (QED) is 0.151. The summed E-state index contributed by atoms with van der Waals surface area (Å²) < 4.78 is 33.6. The fraction of sp³-hybridized carbons (Fsp3) is 0.513. The number of nitrogens with zero attached hydrogens (tertiary/aromatic N) is 3. The Morgan fingerprint density at radius 1 is 0.981 bits per heavy atom. The minimum absolute atomic E-state index is 0.158. The molecule has 0 radical (unpaired) electrons. The van der Waals surface area contributed by atoms with E-state index in [1.165, 1.54) is 54.8 Å². The van der Waals surface area contributed by atoms with Gasteiger partial charge in [0.2, 0.25) is 15.7 Å². The lowest BCUT2D eigenvalue weighted by molar-refractivity contribution is -0.384. The second-order valence-electron chi connectivity index (χ2n) is 15.5. The van der Waals surface area contributed by atoms with Gasteiger partial charge in [-0.2, -0.15) is 0 Å². The van der Waals surface area contributed by atoms with Crippen LogP contribution in [0.25, 0.3) is 0 Å². The summed E-state index contributed by atoms with van der Waals surface area (Å²) in [4.78, 5) is 27.9. The molecule has 13 heteroatoms. The zero-order valence-corrected chi connectivity index (χ0v) is 30.9. The van der Waals surface area contributed by atoms with Crippen LogP contribution in [-0.2, 0) is 21.1 Å². The van der Waals surface area contributed by atoms with Crippen molar-refractivity contribution < 1.29 is 22.9 Å². The molecule has 3 atom stereocenters. The van der Waals surface area contributed by atoms with E-state index in [4.69, 9.17) is 10.5 Å². The van der Waals surface area contributed by atoms with Gasteiger partial charge in [0.15, 0.2) is 0 Å². The smallest absolute Gasteiger partial charge is 0.293 e. The van der Waals surface area contributed by atoms with E-state index in [-0.39, 0.29) is 26.7 Å². The molecule has 0 spiro atoms. The summed E-state index contributed by atoms with van der Waals surface area (Å²) >= 11 is 0. The number of carbonyl (C=O) groups excluding carboxylic acids is 1. The second-order valence-corrected chi connectivity index (χ2v) is 17.4. The second kappa shape index (κ2) is 14.7. The first-order valence-electron chi connectivity index (χ1n) is 18.5. The van der Waals surface area contributed by atoms with Gasteiger partial charge >= 0.3 is 0 Å². The Morgan fingerprint density at radius 3 is 2.42 bits per heavy atom. The maximum atomic E-state index is 14.1.